The Morgan fingerprint density at radius 3 is 0.594 bits per heavy atom. The second-order valence-electron chi connectivity index (χ2n) is 0.923. The summed E-state index contributed by atoms with van der Waals surface area (Å²) in [4.78, 5) is 4.55. The van der Waals surface area contributed by atoms with Crippen molar-refractivity contribution in [3.05, 3.63) is 24.6 Å². The van der Waals surface area contributed by atoms with E-state index < -0.39 is 0 Å². The molecule has 0 aromatic carbocycles. The van der Waals surface area contributed by atoms with Gasteiger partial charge in [-0.3, -0.25) is 0 Å². The zero-order valence-corrected chi connectivity index (χ0v) is 18.4. The van der Waals surface area contributed by atoms with Gasteiger partial charge >= 0.3 is 0 Å². The minimum Gasteiger partial charge on any atom is -0.391 e. The molecule has 0 aliphatic carbocycles. The van der Waals surface area contributed by atoms with Gasteiger partial charge in [0.2, 0.25) is 0 Å². The molecule has 168 valence electrons. The van der Waals surface area contributed by atoms with Crippen LogP contribution in [0.25, 0.3) is 0 Å². The first-order valence-corrected chi connectivity index (χ1v) is 4.83. The van der Waals surface area contributed by atoms with E-state index in [0.29, 0.717) is 0 Å². The normalized spacial score (nSPS) is 3.75. The van der Waals surface area contributed by atoms with Crippen LogP contribution < -0.4 is 5.48 Å². The van der Waals surface area contributed by atoms with E-state index in [-0.39, 0.29) is 34.1 Å². The van der Waals surface area contributed by atoms with Crippen molar-refractivity contribution in [2.45, 2.75) is 0 Å². The van der Waals surface area contributed by atoms with E-state index in [0.717, 1.165) is 0 Å². The summed E-state index contributed by atoms with van der Waals surface area (Å²) >= 11 is 0. The fraction of sp³-hybridized carbons (Fsp3) is 0. The number of nitrogens with zero attached hydrogens (tertiary/aromatic N) is 12. The standard InChI is InChI=1S/C4H5NO.12CHN.2Fe/c1-2-4-6-5-3-1;12*1-2;;/h1-5H;12*1H;;. The molecular weight excluding hydrogens is 502 g/mol. The summed E-state index contributed by atoms with van der Waals surface area (Å²) in [5.41, 5.74) is 2.52. The summed E-state index contributed by atoms with van der Waals surface area (Å²) in [7, 11) is 0. The molecule has 1 rings (SSSR count). The van der Waals surface area contributed by atoms with Crippen LogP contribution in [0.3, 0.4) is 0 Å². The quantitative estimate of drug-likeness (QED) is 0.449. The summed E-state index contributed by atoms with van der Waals surface area (Å²) in [6, 6.07) is 0. The van der Waals surface area contributed by atoms with Gasteiger partial charge in [0.25, 0.3) is 0 Å². The maximum absolute atomic E-state index is 6.50. The second kappa shape index (κ2) is 13300000000. The third kappa shape index (κ3) is 11800000000. The van der Waals surface area contributed by atoms with Crippen molar-refractivity contribution < 1.29 is 39.0 Å². The molecule has 14 nitrogen and oxygen atoms in total. The Morgan fingerprint density at radius 2 is 0.562 bits per heavy atom. The van der Waals surface area contributed by atoms with Crippen LogP contribution in [0.15, 0.2) is 24.6 Å². The summed E-state index contributed by atoms with van der Waals surface area (Å²) in [6.45, 7) is 42.0. The Labute approximate surface area is 210 Å². The molecule has 0 amide bonds. The van der Waals surface area contributed by atoms with Crippen molar-refractivity contribution in [3.8, 4) is 78.9 Å². The molecule has 0 spiro atoms. The number of allylic oxidation sites excluding steroid dienone is 2. The van der Waals surface area contributed by atoms with E-state index in [1.165, 1.54) is 0 Å². The van der Waals surface area contributed by atoms with Crippen LogP contribution in [0.2, 0.25) is 0 Å². The molecule has 0 atom stereocenters. The van der Waals surface area contributed by atoms with E-state index in [1.807, 2.05) is 6.08 Å². The van der Waals surface area contributed by atoms with E-state index in [2.05, 4.69) is 89.2 Å². The van der Waals surface area contributed by atoms with E-state index >= 15 is 0 Å². The maximum atomic E-state index is 6.50. The summed E-state index contributed by atoms with van der Waals surface area (Å²) in [5.74, 6) is 0. The van der Waals surface area contributed by atoms with Crippen LogP contribution in [0.5, 0.6) is 0 Å². The first-order chi connectivity index (χ1) is 15.0. The molecule has 1 aliphatic rings. The number of rotatable bonds is 0. The Kier molecular flexibility index (Phi) is 47000000000. The molecule has 32 heavy (non-hydrogen) atoms. The zero-order valence-electron chi connectivity index (χ0n) is 16.2. The average Bonchev–Trinajstić information content (AvgIpc) is 2.98. The van der Waals surface area contributed by atoms with E-state index in [9.17, 15) is 0 Å². The third-order valence-corrected chi connectivity index (χ3v) is 0.490. The van der Waals surface area contributed by atoms with Crippen molar-refractivity contribution in [1.29, 1.82) is 63.1 Å². The predicted molar refractivity (Wildman–Crippen MR) is 103 cm³/mol. The predicted octanol–water partition coefficient (Wildman–Crippen LogP) is 2.22. The van der Waals surface area contributed by atoms with Crippen LogP contribution in [0.4, 0.5) is 0 Å². The maximum Gasteiger partial charge on any atom is 0.119 e. The van der Waals surface area contributed by atoms with Gasteiger partial charge in [0.15, 0.2) is 0 Å². The molecule has 0 bridgehead atoms. The molecule has 0 aromatic rings. The second-order valence-corrected chi connectivity index (χ2v) is 0.923. The molecule has 1 aliphatic heterocycles. The van der Waals surface area contributed by atoms with Crippen LogP contribution in [0.1, 0.15) is 0 Å². The van der Waals surface area contributed by atoms with Gasteiger partial charge in [-0.15, -0.1) is 0 Å². The number of nitriles is 12. The SMILES string of the molecule is C#N.C#N.C#N.C#N.C#N.C#N.C#N.C#N.C#N.C#N.C#N.C#N.C1=CNOC=C1.[Fe].[Fe]. The first kappa shape index (κ1) is 113. The van der Waals surface area contributed by atoms with Gasteiger partial charge in [-0.25, -0.2) is 68.6 Å². The van der Waals surface area contributed by atoms with Gasteiger partial charge in [0, 0.05) is 119 Å². The summed E-state index contributed by atoms with van der Waals surface area (Å²) in [6.07, 6.45) is 6.93. The average molecular weight is 519 g/mol. The number of nitrogens with one attached hydrogen (secondary N) is 1. The molecule has 0 fully saturated rings. The Hall–Kier alpha value is -6.00. The first-order valence-electron chi connectivity index (χ1n) is 4.83. The molecule has 1 heterocycles. The van der Waals surface area contributed by atoms with Gasteiger partial charge in [0.05, 0.1) is 0 Å². The van der Waals surface area contributed by atoms with Crippen molar-refractivity contribution in [2.75, 3.05) is 0 Å². The molecule has 0 saturated heterocycles. The van der Waals surface area contributed by atoms with Crippen molar-refractivity contribution >= 4 is 0 Å². The fourth-order valence-electron chi connectivity index (χ4n) is 0.258. The summed E-state index contributed by atoms with van der Waals surface area (Å²) < 4.78 is 0. The largest absolute Gasteiger partial charge is 0.391 e. The van der Waals surface area contributed by atoms with Gasteiger partial charge in [-0.2, -0.15) is 0 Å². The van der Waals surface area contributed by atoms with E-state index in [1.54, 1.807) is 18.5 Å². The van der Waals surface area contributed by atoms with Gasteiger partial charge in [-0.05, 0) is 12.2 Å². The minimum absolute atomic E-state index is 0. The minimum atomic E-state index is 0. The molecule has 16 heteroatoms. The van der Waals surface area contributed by atoms with E-state index in [4.69, 9.17) is 63.1 Å². The molecular formula is C16H17Fe2N13O. The molecule has 0 radical (unpaired) electrons. The molecule has 0 unspecified atom stereocenters. The Bertz CT molecular complexity index is 376. The van der Waals surface area contributed by atoms with Crippen molar-refractivity contribution in [3.63, 3.8) is 0 Å². The van der Waals surface area contributed by atoms with Crippen LogP contribution in [-0.2, 0) is 39.0 Å². The number of hydrogen-bond donors (Lipinski definition) is 1. The topological polar surface area (TPSA) is 307 Å². The van der Waals surface area contributed by atoms with Crippen LogP contribution in [-0.4, -0.2) is 0 Å². The van der Waals surface area contributed by atoms with Crippen molar-refractivity contribution in [2.24, 2.45) is 0 Å². The van der Waals surface area contributed by atoms with Crippen LogP contribution >= 0.6 is 0 Å². The fourth-order valence-corrected chi connectivity index (χ4v) is 0.258. The molecule has 1 N–H and O–H groups in total. The zero-order chi connectivity index (χ0) is 28.2. The molecule has 0 aromatic heterocycles. The molecule has 0 saturated carbocycles. The van der Waals surface area contributed by atoms with Crippen LogP contribution in [0, 0.1) is 142 Å². The van der Waals surface area contributed by atoms with Gasteiger partial charge in [-0.1, -0.05) is 0 Å². The third-order valence-electron chi connectivity index (χ3n) is 0.490. The Balaban J connectivity index is -0.00000000946. The number of hydrogen-bond acceptors (Lipinski definition) is 14. The monoisotopic (exact) mass is 519 g/mol. The van der Waals surface area contributed by atoms with Crippen molar-refractivity contribution in [1.82, 2.24) is 5.48 Å². The number of hydroxylamine groups is 1. The smallest absolute Gasteiger partial charge is 0.119 e. The van der Waals surface area contributed by atoms with Gasteiger partial charge in [0.1, 0.15) is 6.26 Å². The Morgan fingerprint density at radius 1 is 0.375 bits per heavy atom. The summed E-state index contributed by atoms with van der Waals surface area (Å²) in [5, 5.41) is 78.0. The van der Waals surface area contributed by atoms with Gasteiger partial charge < -0.3 is 4.84 Å².